The van der Waals surface area contributed by atoms with Crippen LogP contribution in [0.25, 0.3) is 0 Å². The number of ether oxygens (including phenoxy) is 2. The Morgan fingerprint density at radius 1 is 1.24 bits per heavy atom. The first-order valence-electron chi connectivity index (χ1n) is 10.5. The molecule has 3 aromatic rings. The van der Waals surface area contributed by atoms with Gasteiger partial charge in [-0.05, 0) is 30.7 Å². The summed E-state index contributed by atoms with van der Waals surface area (Å²) in [7, 11) is 3.36. The van der Waals surface area contributed by atoms with Gasteiger partial charge in [0.05, 0.1) is 19.3 Å². The molecule has 7 nitrogen and oxygen atoms in total. The van der Waals surface area contributed by atoms with Crippen molar-refractivity contribution < 1.29 is 14.3 Å². The number of benzene rings is 2. The van der Waals surface area contributed by atoms with Crippen molar-refractivity contribution in [3.63, 3.8) is 0 Å². The van der Waals surface area contributed by atoms with Crippen LogP contribution in [-0.4, -0.2) is 29.2 Å². The fraction of sp³-hybridized carbons (Fsp3) is 0.292. The second-order valence-corrected chi connectivity index (χ2v) is 8.93. The Balaban J connectivity index is 1.76. The maximum Gasteiger partial charge on any atom is 0.279 e. The summed E-state index contributed by atoms with van der Waals surface area (Å²) in [6.45, 7) is 2.30. The zero-order valence-corrected chi connectivity index (χ0v) is 20.1. The molecule has 0 bridgehead atoms. The van der Waals surface area contributed by atoms with Crippen molar-refractivity contribution in [2.24, 2.45) is 7.05 Å². The maximum absolute atomic E-state index is 13.2. The Kier molecular flexibility index (Phi) is 6.95. The number of hydrogen-bond donors (Lipinski definition) is 1. The Bertz CT molecular complexity index is 1260. The van der Waals surface area contributed by atoms with E-state index in [-0.39, 0.29) is 17.9 Å². The van der Waals surface area contributed by atoms with Crippen LogP contribution in [0.1, 0.15) is 36.0 Å². The minimum Gasteiger partial charge on any atom is -0.493 e. The van der Waals surface area contributed by atoms with Gasteiger partial charge in [0.2, 0.25) is 5.91 Å². The first-order valence-corrected chi connectivity index (χ1v) is 11.9. The van der Waals surface area contributed by atoms with E-state index < -0.39 is 5.92 Å². The number of methoxy groups -OCH3 is 1. The number of anilines is 1. The third-order valence-corrected chi connectivity index (χ3v) is 6.79. The first kappa shape index (κ1) is 23.2. The van der Waals surface area contributed by atoms with E-state index in [1.807, 2.05) is 43.3 Å². The van der Waals surface area contributed by atoms with E-state index in [1.54, 1.807) is 24.8 Å². The van der Waals surface area contributed by atoms with Crippen molar-refractivity contribution in [1.29, 1.82) is 0 Å². The summed E-state index contributed by atoms with van der Waals surface area (Å²) in [5.74, 6) is 1.46. The third-order valence-electron chi connectivity index (χ3n) is 5.45. The van der Waals surface area contributed by atoms with Gasteiger partial charge in [-0.3, -0.25) is 9.59 Å². The van der Waals surface area contributed by atoms with Crippen molar-refractivity contribution in [3.05, 3.63) is 74.5 Å². The molecular weight excluding hydrogens is 462 g/mol. The summed E-state index contributed by atoms with van der Waals surface area (Å²) in [5.41, 5.74) is 1.81. The molecule has 1 N–H and O–H groups in total. The monoisotopic (exact) mass is 485 g/mol. The number of rotatable bonds is 7. The van der Waals surface area contributed by atoms with E-state index in [1.165, 1.54) is 11.8 Å². The highest BCUT2D eigenvalue weighted by Gasteiger charge is 2.34. The molecule has 9 heteroatoms. The second-order valence-electron chi connectivity index (χ2n) is 7.56. The second kappa shape index (κ2) is 9.89. The van der Waals surface area contributed by atoms with E-state index in [0.29, 0.717) is 45.4 Å². The van der Waals surface area contributed by atoms with Crippen LogP contribution in [-0.2, 0) is 17.6 Å². The van der Waals surface area contributed by atoms with Gasteiger partial charge in [0, 0.05) is 35.7 Å². The fourth-order valence-electron chi connectivity index (χ4n) is 3.97. The number of amides is 1. The molecule has 2 heterocycles. The average Bonchev–Trinajstić information content (AvgIpc) is 2.80. The predicted octanol–water partition coefficient (Wildman–Crippen LogP) is 4.61. The number of carbonyl (C=O) groups is 1. The number of aromatic nitrogens is 2. The van der Waals surface area contributed by atoms with Gasteiger partial charge in [0.15, 0.2) is 16.7 Å². The highest BCUT2D eigenvalue weighted by Crippen LogP contribution is 2.43. The zero-order chi connectivity index (χ0) is 23.5. The van der Waals surface area contributed by atoms with Gasteiger partial charge in [0.25, 0.3) is 5.56 Å². The highest BCUT2D eigenvalue weighted by molar-refractivity contribution is 7.98. The molecule has 2 aromatic carbocycles. The molecule has 1 atom stereocenters. The number of carbonyl (C=O) groups excluding carboxylic acids is 1. The standard InChI is InChI=1S/C24H24ClN3O4S/c1-4-32-21-16(9-6-10-18(21)31-3)17-12-19(29)26-22-20(17)23(30)27-24(28(22)2)33-13-14-7-5-8-15(25)11-14/h5-11,17H,4,12-13H2,1-3H3,(H,26,29)/t17-/m1/s1. The predicted molar refractivity (Wildman–Crippen MR) is 130 cm³/mol. The van der Waals surface area contributed by atoms with Crippen LogP contribution in [0, 0.1) is 0 Å². The van der Waals surface area contributed by atoms with Gasteiger partial charge in [-0.25, -0.2) is 0 Å². The summed E-state index contributed by atoms with van der Waals surface area (Å²) in [6.07, 6.45) is 0.117. The van der Waals surface area contributed by atoms with Crippen LogP contribution in [0.4, 0.5) is 5.82 Å². The molecule has 1 aliphatic heterocycles. The van der Waals surface area contributed by atoms with E-state index in [4.69, 9.17) is 21.1 Å². The average molecular weight is 486 g/mol. The minimum atomic E-state index is -0.497. The summed E-state index contributed by atoms with van der Waals surface area (Å²) < 4.78 is 13.1. The molecule has 1 amide bonds. The number of nitrogens with one attached hydrogen (secondary N) is 1. The van der Waals surface area contributed by atoms with Crippen molar-refractivity contribution in [3.8, 4) is 11.5 Å². The summed E-state index contributed by atoms with van der Waals surface area (Å²) in [5, 5.41) is 4.04. The van der Waals surface area contributed by atoms with E-state index in [2.05, 4.69) is 10.3 Å². The Hall–Kier alpha value is -2.97. The molecular formula is C24H24ClN3O4S. The Morgan fingerprint density at radius 2 is 2.03 bits per heavy atom. The zero-order valence-electron chi connectivity index (χ0n) is 18.6. The molecule has 4 rings (SSSR count). The van der Waals surface area contributed by atoms with Crippen LogP contribution in [0.15, 0.2) is 52.4 Å². The van der Waals surface area contributed by atoms with Crippen LogP contribution in [0.2, 0.25) is 5.02 Å². The molecule has 0 saturated heterocycles. The molecule has 0 radical (unpaired) electrons. The SMILES string of the molecule is CCOc1c(OC)cccc1[C@H]1CC(=O)Nc2c1c(=O)nc(SCc1cccc(Cl)c1)n2C. The van der Waals surface area contributed by atoms with Gasteiger partial charge < -0.3 is 19.4 Å². The van der Waals surface area contributed by atoms with E-state index >= 15 is 0 Å². The molecule has 0 fully saturated rings. The van der Waals surface area contributed by atoms with Gasteiger partial charge >= 0.3 is 0 Å². The van der Waals surface area contributed by atoms with Crippen molar-refractivity contribution in [1.82, 2.24) is 9.55 Å². The lowest BCUT2D eigenvalue weighted by molar-refractivity contribution is -0.116. The quantitative estimate of drug-likeness (QED) is 0.389. The van der Waals surface area contributed by atoms with Crippen molar-refractivity contribution >= 4 is 35.1 Å². The summed E-state index contributed by atoms with van der Waals surface area (Å²) >= 11 is 7.49. The highest BCUT2D eigenvalue weighted by atomic mass is 35.5. The largest absolute Gasteiger partial charge is 0.493 e. The number of hydrogen-bond acceptors (Lipinski definition) is 6. The molecule has 33 heavy (non-hydrogen) atoms. The molecule has 0 saturated carbocycles. The lowest BCUT2D eigenvalue weighted by Crippen LogP contribution is -2.33. The fourth-order valence-corrected chi connectivity index (χ4v) is 5.09. The summed E-state index contributed by atoms with van der Waals surface area (Å²) in [6, 6.07) is 13.0. The number of thioether (sulfide) groups is 1. The Morgan fingerprint density at radius 3 is 2.76 bits per heavy atom. The van der Waals surface area contributed by atoms with Crippen LogP contribution >= 0.6 is 23.4 Å². The first-order chi connectivity index (χ1) is 15.9. The Labute approximate surface area is 201 Å². The third kappa shape index (κ3) is 4.72. The lowest BCUT2D eigenvalue weighted by atomic mass is 9.86. The molecule has 0 aliphatic carbocycles. The number of fused-ring (bicyclic) bond motifs is 1. The van der Waals surface area contributed by atoms with E-state index in [9.17, 15) is 9.59 Å². The molecule has 0 spiro atoms. The van der Waals surface area contributed by atoms with Gasteiger partial charge in [-0.2, -0.15) is 4.98 Å². The maximum atomic E-state index is 13.2. The van der Waals surface area contributed by atoms with Gasteiger partial charge in [0.1, 0.15) is 5.82 Å². The molecule has 1 aromatic heterocycles. The van der Waals surface area contributed by atoms with Crippen LogP contribution in [0.5, 0.6) is 11.5 Å². The molecule has 172 valence electrons. The summed E-state index contributed by atoms with van der Waals surface area (Å²) in [4.78, 5) is 30.3. The van der Waals surface area contributed by atoms with Gasteiger partial charge in [-0.15, -0.1) is 0 Å². The van der Waals surface area contributed by atoms with Gasteiger partial charge in [-0.1, -0.05) is 47.6 Å². The smallest absolute Gasteiger partial charge is 0.279 e. The van der Waals surface area contributed by atoms with Crippen molar-refractivity contribution in [2.75, 3.05) is 19.0 Å². The van der Waals surface area contributed by atoms with Crippen LogP contribution < -0.4 is 20.3 Å². The topological polar surface area (TPSA) is 82.4 Å². The van der Waals surface area contributed by atoms with Crippen molar-refractivity contribution in [2.45, 2.75) is 30.2 Å². The number of para-hydroxylation sites is 1. The normalized spacial score (nSPS) is 15.0. The van der Waals surface area contributed by atoms with Crippen LogP contribution in [0.3, 0.4) is 0 Å². The molecule has 1 aliphatic rings. The van der Waals surface area contributed by atoms with E-state index in [0.717, 1.165) is 11.1 Å². The lowest BCUT2D eigenvalue weighted by Gasteiger charge is -2.29. The number of halogens is 1. The number of nitrogens with zero attached hydrogens (tertiary/aromatic N) is 2. The minimum absolute atomic E-state index is 0.117. The molecule has 0 unspecified atom stereocenters.